The molecule has 2 fully saturated rings. The fraction of sp³-hybridized carbons (Fsp3) is 1.00. The molecule has 0 radical (unpaired) electrons. The van der Waals surface area contributed by atoms with E-state index in [2.05, 4.69) is 18.9 Å². The van der Waals surface area contributed by atoms with Gasteiger partial charge in [0.1, 0.15) is 0 Å². The van der Waals surface area contributed by atoms with Crippen LogP contribution in [0.5, 0.6) is 0 Å². The van der Waals surface area contributed by atoms with Gasteiger partial charge in [0.2, 0.25) is 0 Å². The number of ether oxygens (including phenoxy) is 1. The lowest BCUT2D eigenvalue weighted by atomic mass is 9.80. The molecule has 12 heavy (non-hydrogen) atoms. The monoisotopic (exact) mass is 169 g/mol. The molecule has 2 heteroatoms. The van der Waals surface area contributed by atoms with Crippen LogP contribution in [0.2, 0.25) is 0 Å². The Labute approximate surface area is 74.9 Å². The Kier molecular flexibility index (Phi) is 2.13. The van der Waals surface area contributed by atoms with Gasteiger partial charge in [-0.25, -0.2) is 0 Å². The Bertz CT molecular complexity index is 151. The molecule has 0 aromatic carbocycles. The van der Waals surface area contributed by atoms with Crippen molar-refractivity contribution >= 4 is 0 Å². The SMILES string of the molecule is C[C@@H]1CCN(C)C12CCOCC2. The van der Waals surface area contributed by atoms with Gasteiger partial charge in [-0.2, -0.15) is 0 Å². The molecule has 1 spiro atoms. The zero-order valence-corrected chi connectivity index (χ0v) is 8.18. The van der Waals surface area contributed by atoms with Gasteiger partial charge in [0.25, 0.3) is 0 Å². The summed E-state index contributed by atoms with van der Waals surface area (Å²) in [6.07, 6.45) is 3.85. The maximum atomic E-state index is 5.43. The van der Waals surface area contributed by atoms with Crippen molar-refractivity contribution in [3.63, 3.8) is 0 Å². The number of nitrogens with zero attached hydrogens (tertiary/aromatic N) is 1. The Morgan fingerprint density at radius 3 is 2.50 bits per heavy atom. The van der Waals surface area contributed by atoms with Gasteiger partial charge in [-0.05, 0) is 38.8 Å². The molecule has 0 N–H and O–H groups in total. The molecule has 2 rings (SSSR count). The fourth-order valence-electron chi connectivity index (χ4n) is 2.85. The van der Waals surface area contributed by atoms with Crippen molar-refractivity contribution in [3.05, 3.63) is 0 Å². The van der Waals surface area contributed by atoms with Gasteiger partial charge in [0.15, 0.2) is 0 Å². The minimum atomic E-state index is 0.498. The highest BCUT2D eigenvalue weighted by atomic mass is 16.5. The smallest absolute Gasteiger partial charge is 0.0483 e. The van der Waals surface area contributed by atoms with Gasteiger partial charge in [0, 0.05) is 18.8 Å². The van der Waals surface area contributed by atoms with E-state index in [1.165, 1.54) is 25.8 Å². The standard InChI is InChI=1S/C10H19NO/c1-9-3-6-11(2)10(9)4-7-12-8-5-10/h9H,3-8H2,1-2H3/t9-/m1/s1. The van der Waals surface area contributed by atoms with Crippen molar-refractivity contribution in [2.45, 2.75) is 31.7 Å². The summed E-state index contributed by atoms with van der Waals surface area (Å²) in [6, 6.07) is 0. The molecule has 0 unspecified atom stereocenters. The van der Waals surface area contributed by atoms with Crippen molar-refractivity contribution < 1.29 is 4.74 Å². The lowest BCUT2D eigenvalue weighted by Crippen LogP contribution is -2.49. The number of rotatable bonds is 0. The van der Waals surface area contributed by atoms with E-state index >= 15 is 0 Å². The van der Waals surface area contributed by atoms with Gasteiger partial charge in [-0.3, -0.25) is 0 Å². The Morgan fingerprint density at radius 1 is 1.33 bits per heavy atom. The highest BCUT2D eigenvalue weighted by Gasteiger charge is 2.44. The third-order valence-corrected chi connectivity index (χ3v) is 3.93. The molecule has 0 aromatic heterocycles. The van der Waals surface area contributed by atoms with Crippen LogP contribution in [0, 0.1) is 5.92 Å². The second-order valence-corrected chi connectivity index (χ2v) is 4.33. The maximum absolute atomic E-state index is 5.43. The van der Waals surface area contributed by atoms with E-state index in [1.54, 1.807) is 0 Å². The first-order chi connectivity index (χ1) is 5.76. The summed E-state index contributed by atoms with van der Waals surface area (Å²) in [5, 5.41) is 0. The van der Waals surface area contributed by atoms with Crippen molar-refractivity contribution in [1.29, 1.82) is 0 Å². The summed E-state index contributed by atoms with van der Waals surface area (Å²) >= 11 is 0. The Morgan fingerprint density at radius 2 is 2.00 bits per heavy atom. The minimum Gasteiger partial charge on any atom is -0.381 e. The first kappa shape index (κ1) is 8.52. The third-order valence-electron chi connectivity index (χ3n) is 3.93. The second-order valence-electron chi connectivity index (χ2n) is 4.33. The van der Waals surface area contributed by atoms with Crippen molar-refractivity contribution in [3.8, 4) is 0 Å². The summed E-state index contributed by atoms with van der Waals surface area (Å²) in [5.41, 5.74) is 0.498. The van der Waals surface area contributed by atoms with Gasteiger partial charge < -0.3 is 9.64 Å². The molecule has 2 heterocycles. The van der Waals surface area contributed by atoms with Gasteiger partial charge in [-0.15, -0.1) is 0 Å². The molecule has 70 valence electrons. The van der Waals surface area contributed by atoms with E-state index in [0.29, 0.717) is 5.54 Å². The highest BCUT2D eigenvalue weighted by Crippen LogP contribution is 2.40. The summed E-state index contributed by atoms with van der Waals surface area (Å²) in [6.45, 7) is 5.61. The fourth-order valence-corrected chi connectivity index (χ4v) is 2.85. The molecule has 0 aliphatic carbocycles. The van der Waals surface area contributed by atoms with Gasteiger partial charge in [0.05, 0.1) is 0 Å². The van der Waals surface area contributed by atoms with Crippen LogP contribution in [-0.2, 0) is 4.74 Å². The van der Waals surface area contributed by atoms with Crippen molar-refractivity contribution in [1.82, 2.24) is 4.90 Å². The topological polar surface area (TPSA) is 12.5 Å². The van der Waals surface area contributed by atoms with Crippen LogP contribution in [-0.4, -0.2) is 37.2 Å². The van der Waals surface area contributed by atoms with E-state index in [0.717, 1.165) is 19.1 Å². The molecule has 2 aliphatic heterocycles. The van der Waals surface area contributed by atoms with Crippen LogP contribution in [0.15, 0.2) is 0 Å². The zero-order valence-electron chi connectivity index (χ0n) is 8.18. The van der Waals surface area contributed by atoms with Crippen molar-refractivity contribution in [2.24, 2.45) is 5.92 Å². The molecule has 0 aromatic rings. The molecule has 2 saturated heterocycles. The van der Waals surface area contributed by atoms with Crippen molar-refractivity contribution in [2.75, 3.05) is 26.8 Å². The number of likely N-dealkylation sites (tertiary alicyclic amines) is 1. The maximum Gasteiger partial charge on any atom is 0.0483 e. The van der Waals surface area contributed by atoms with E-state index in [1.807, 2.05) is 0 Å². The van der Waals surface area contributed by atoms with Crippen LogP contribution >= 0.6 is 0 Å². The first-order valence-electron chi connectivity index (χ1n) is 5.05. The van der Waals surface area contributed by atoms with Crippen LogP contribution in [0.3, 0.4) is 0 Å². The molecular formula is C10H19NO. The zero-order chi connectivity index (χ0) is 8.60. The normalized spacial score (nSPS) is 36.0. The lowest BCUT2D eigenvalue weighted by Gasteiger charge is -2.42. The van der Waals surface area contributed by atoms with Crippen LogP contribution in [0.25, 0.3) is 0 Å². The van der Waals surface area contributed by atoms with Crippen LogP contribution < -0.4 is 0 Å². The summed E-state index contributed by atoms with van der Waals surface area (Å²) in [5.74, 6) is 0.867. The summed E-state index contributed by atoms with van der Waals surface area (Å²) < 4.78 is 5.43. The Balaban J connectivity index is 2.14. The van der Waals surface area contributed by atoms with E-state index in [-0.39, 0.29) is 0 Å². The van der Waals surface area contributed by atoms with E-state index in [9.17, 15) is 0 Å². The second kappa shape index (κ2) is 3.00. The van der Waals surface area contributed by atoms with Crippen LogP contribution in [0.4, 0.5) is 0 Å². The van der Waals surface area contributed by atoms with Gasteiger partial charge >= 0.3 is 0 Å². The number of hydrogen-bond acceptors (Lipinski definition) is 2. The lowest BCUT2D eigenvalue weighted by molar-refractivity contribution is -0.0153. The third kappa shape index (κ3) is 1.09. The van der Waals surface area contributed by atoms with Crippen LogP contribution in [0.1, 0.15) is 26.2 Å². The summed E-state index contributed by atoms with van der Waals surface area (Å²) in [4.78, 5) is 2.56. The molecule has 0 bridgehead atoms. The molecule has 0 amide bonds. The average molecular weight is 169 g/mol. The average Bonchev–Trinajstić information content (AvgIpc) is 2.36. The van der Waals surface area contributed by atoms with E-state index in [4.69, 9.17) is 4.74 Å². The summed E-state index contributed by atoms with van der Waals surface area (Å²) in [7, 11) is 2.27. The molecule has 1 atom stereocenters. The predicted octanol–water partition coefficient (Wildman–Crippen LogP) is 1.51. The quantitative estimate of drug-likeness (QED) is 0.545. The Hall–Kier alpha value is -0.0800. The van der Waals surface area contributed by atoms with Gasteiger partial charge in [-0.1, -0.05) is 6.92 Å². The molecule has 0 saturated carbocycles. The van der Waals surface area contributed by atoms with E-state index < -0.39 is 0 Å². The highest BCUT2D eigenvalue weighted by molar-refractivity contribution is 4.99. The molecular weight excluding hydrogens is 150 g/mol. The molecule has 2 nitrogen and oxygen atoms in total. The largest absolute Gasteiger partial charge is 0.381 e. The predicted molar refractivity (Wildman–Crippen MR) is 49.2 cm³/mol. The first-order valence-corrected chi connectivity index (χ1v) is 5.05. The number of hydrogen-bond donors (Lipinski definition) is 0. The molecule has 2 aliphatic rings. The minimum absolute atomic E-state index is 0.498.